The van der Waals surface area contributed by atoms with Crippen molar-refractivity contribution in [1.82, 2.24) is 0 Å². The molecule has 0 N–H and O–H groups in total. The second-order valence-electron chi connectivity index (χ2n) is 16.8. The monoisotopic (exact) mass is 766 g/mol. The van der Waals surface area contributed by atoms with Gasteiger partial charge < -0.3 is 9.80 Å². The highest BCUT2D eigenvalue weighted by molar-refractivity contribution is 6.05. The largest absolute Gasteiger partial charge is 0.310 e. The number of hydrogen-bond donors (Lipinski definition) is 0. The standard InChI is InChI=1S/C58H42N2/c1-57(2)48-30-16-12-28-45(48)47-38-42(34-35-49(47)57)60(41-24-10-5-11-25-41)53-36-37-54(59(39-20-6-3-7-21-39)40-22-8-4-9-23-40)56-55(53)46-29-15-19-33-52(46)58(56)50-31-17-13-26-43(50)44-27-14-18-32-51(44)58/h3-38H,1-2H3. The Kier molecular flexibility index (Phi) is 7.52. The average Bonchev–Trinajstić information content (AvgIpc) is 3.87. The molecule has 60 heavy (non-hydrogen) atoms. The fourth-order valence-corrected chi connectivity index (χ4v) is 11.0. The summed E-state index contributed by atoms with van der Waals surface area (Å²) in [5.41, 5.74) is 21.8. The van der Waals surface area contributed by atoms with E-state index in [0.29, 0.717) is 0 Å². The molecule has 0 saturated carbocycles. The zero-order valence-electron chi connectivity index (χ0n) is 33.7. The highest BCUT2D eigenvalue weighted by Gasteiger charge is 2.54. The van der Waals surface area contributed by atoms with E-state index >= 15 is 0 Å². The minimum absolute atomic E-state index is 0.0855. The molecule has 0 bridgehead atoms. The van der Waals surface area contributed by atoms with E-state index in [4.69, 9.17) is 0 Å². The summed E-state index contributed by atoms with van der Waals surface area (Å²) in [7, 11) is 0. The molecule has 9 aromatic rings. The van der Waals surface area contributed by atoms with Crippen LogP contribution < -0.4 is 9.80 Å². The van der Waals surface area contributed by atoms with Crippen molar-refractivity contribution in [2.75, 3.05) is 9.80 Å². The maximum Gasteiger partial charge on any atom is 0.0746 e. The van der Waals surface area contributed by atoms with E-state index in [0.717, 1.165) is 34.1 Å². The predicted octanol–water partition coefficient (Wildman–Crippen LogP) is 15.3. The van der Waals surface area contributed by atoms with Gasteiger partial charge in [-0.05, 0) is 116 Å². The molecule has 0 aliphatic heterocycles. The van der Waals surface area contributed by atoms with Crippen LogP contribution in [0.4, 0.5) is 34.1 Å². The molecule has 0 unspecified atom stereocenters. The van der Waals surface area contributed by atoms with Crippen LogP contribution in [0.25, 0.3) is 33.4 Å². The lowest BCUT2D eigenvalue weighted by Crippen LogP contribution is -2.28. The van der Waals surface area contributed by atoms with Gasteiger partial charge in [-0.25, -0.2) is 0 Å². The number of nitrogens with zero attached hydrogens (tertiary/aromatic N) is 2. The summed E-state index contributed by atoms with van der Waals surface area (Å²) in [6.45, 7) is 4.72. The van der Waals surface area contributed by atoms with E-state index in [1.165, 1.54) is 66.8 Å². The fraction of sp³-hybridized carbons (Fsp3) is 0.0690. The molecule has 284 valence electrons. The molecule has 0 heterocycles. The van der Waals surface area contributed by atoms with Crippen molar-refractivity contribution in [2.45, 2.75) is 24.7 Å². The predicted molar refractivity (Wildman–Crippen MR) is 250 cm³/mol. The Morgan fingerprint density at radius 3 is 1.22 bits per heavy atom. The summed E-state index contributed by atoms with van der Waals surface area (Å²) in [6.07, 6.45) is 0. The van der Waals surface area contributed by atoms with Crippen LogP contribution in [-0.4, -0.2) is 0 Å². The summed E-state index contributed by atoms with van der Waals surface area (Å²) >= 11 is 0. The van der Waals surface area contributed by atoms with Crippen LogP contribution in [0.3, 0.4) is 0 Å². The Morgan fingerprint density at radius 1 is 0.300 bits per heavy atom. The molecule has 0 atom stereocenters. The van der Waals surface area contributed by atoms with Gasteiger partial charge in [0.15, 0.2) is 0 Å². The second kappa shape index (κ2) is 13.0. The fourth-order valence-electron chi connectivity index (χ4n) is 11.0. The zero-order chi connectivity index (χ0) is 40.0. The van der Waals surface area contributed by atoms with Crippen molar-refractivity contribution in [1.29, 1.82) is 0 Å². The maximum atomic E-state index is 2.51. The molecule has 12 rings (SSSR count). The molecular formula is C58H42N2. The molecule has 0 fully saturated rings. The Morgan fingerprint density at radius 2 is 0.683 bits per heavy atom. The SMILES string of the molecule is CC1(C)c2ccccc2-c2cc(N(c3ccccc3)c3ccc(N(c4ccccc4)c4ccccc4)c4c3-c3ccccc3C43c4ccccc4-c4ccccc43)ccc21. The molecule has 0 amide bonds. The van der Waals surface area contributed by atoms with Crippen molar-refractivity contribution >= 4 is 34.1 Å². The third kappa shape index (κ3) is 4.70. The number of hydrogen-bond acceptors (Lipinski definition) is 2. The van der Waals surface area contributed by atoms with E-state index in [9.17, 15) is 0 Å². The number of anilines is 6. The summed E-state index contributed by atoms with van der Waals surface area (Å²) < 4.78 is 0. The van der Waals surface area contributed by atoms with Gasteiger partial charge in [0, 0.05) is 39.3 Å². The van der Waals surface area contributed by atoms with Crippen molar-refractivity contribution in [2.24, 2.45) is 0 Å². The third-order valence-electron chi connectivity index (χ3n) is 13.4. The molecule has 1 spiro atoms. The Labute approximate surface area is 352 Å². The lowest BCUT2D eigenvalue weighted by atomic mass is 9.70. The van der Waals surface area contributed by atoms with E-state index in [1.807, 2.05) is 0 Å². The zero-order valence-corrected chi connectivity index (χ0v) is 33.7. The van der Waals surface area contributed by atoms with Crippen molar-refractivity contribution in [3.63, 3.8) is 0 Å². The third-order valence-corrected chi connectivity index (χ3v) is 13.4. The smallest absolute Gasteiger partial charge is 0.0746 e. The Bertz CT molecular complexity index is 3040. The first-order chi connectivity index (χ1) is 29.6. The molecule has 3 aliphatic rings. The first-order valence-electron chi connectivity index (χ1n) is 21.0. The van der Waals surface area contributed by atoms with Crippen LogP contribution >= 0.6 is 0 Å². The summed E-state index contributed by atoms with van der Waals surface area (Å²) in [5.74, 6) is 0. The van der Waals surface area contributed by atoms with E-state index in [2.05, 4.69) is 242 Å². The van der Waals surface area contributed by atoms with Crippen LogP contribution in [0.15, 0.2) is 218 Å². The van der Waals surface area contributed by atoms with Gasteiger partial charge in [-0.2, -0.15) is 0 Å². The van der Waals surface area contributed by atoms with Crippen LogP contribution in [0.1, 0.15) is 47.2 Å². The lowest BCUT2D eigenvalue weighted by Gasteiger charge is -2.37. The molecule has 0 radical (unpaired) electrons. The first kappa shape index (κ1) is 34.6. The van der Waals surface area contributed by atoms with Gasteiger partial charge in [0.25, 0.3) is 0 Å². The van der Waals surface area contributed by atoms with Gasteiger partial charge in [0.2, 0.25) is 0 Å². The second-order valence-corrected chi connectivity index (χ2v) is 16.8. The maximum absolute atomic E-state index is 2.51. The molecule has 2 heteroatoms. The topological polar surface area (TPSA) is 6.48 Å². The summed E-state index contributed by atoms with van der Waals surface area (Å²) in [6, 6.07) is 81.0. The van der Waals surface area contributed by atoms with Crippen LogP contribution in [-0.2, 0) is 10.8 Å². The van der Waals surface area contributed by atoms with Crippen molar-refractivity contribution < 1.29 is 0 Å². The van der Waals surface area contributed by atoms with Gasteiger partial charge in [-0.3, -0.25) is 0 Å². The number of rotatable bonds is 6. The van der Waals surface area contributed by atoms with Crippen LogP contribution in [0.2, 0.25) is 0 Å². The number of fused-ring (bicyclic) bond motifs is 13. The molecular weight excluding hydrogens is 725 g/mol. The molecule has 9 aromatic carbocycles. The first-order valence-corrected chi connectivity index (χ1v) is 21.0. The summed E-state index contributed by atoms with van der Waals surface area (Å²) in [5, 5.41) is 0. The van der Waals surface area contributed by atoms with Gasteiger partial charge in [-0.1, -0.05) is 172 Å². The minimum Gasteiger partial charge on any atom is -0.310 e. The number of benzene rings is 9. The van der Waals surface area contributed by atoms with Gasteiger partial charge in [-0.15, -0.1) is 0 Å². The van der Waals surface area contributed by atoms with E-state index < -0.39 is 5.41 Å². The minimum atomic E-state index is -0.588. The van der Waals surface area contributed by atoms with E-state index in [1.54, 1.807) is 0 Å². The quantitative estimate of drug-likeness (QED) is 0.166. The number of para-hydroxylation sites is 3. The highest BCUT2D eigenvalue weighted by Crippen LogP contribution is 2.67. The van der Waals surface area contributed by atoms with Gasteiger partial charge >= 0.3 is 0 Å². The Balaban J connectivity index is 1.23. The van der Waals surface area contributed by atoms with Gasteiger partial charge in [0.05, 0.1) is 16.8 Å². The molecule has 0 saturated heterocycles. The normalized spacial score (nSPS) is 14.1. The molecule has 3 aliphatic carbocycles. The average molecular weight is 767 g/mol. The lowest BCUT2D eigenvalue weighted by molar-refractivity contribution is 0.660. The van der Waals surface area contributed by atoms with Crippen LogP contribution in [0.5, 0.6) is 0 Å². The van der Waals surface area contributed by atoms with Crippen molar-refractivity contribution in [3.8, 4) is 33.4 Å². The highest BCUT2D eigenvalue weighted by atomic mass is 15.2. The molecule has 2 nitrogen and oxygen atoms in total. The van der Waals surface area contributed by atoms with Crippen molar-refractivity contribution in [3.05, 3.63) is 252 Å². The summed E-state index contributed by atoms with van der Waals surface area (Å²) in [4.78, 5) is 4.98. The van der Waals surface area contributed by atoms with Crippen LogP contribution in [0, 0.1) is 0 Å². The molecule has 0 aromatic heterocycles. The Hall–Kier alpha value is -7.42. The van der Waals surface area contributed by atoms with Gasteiger partial charge in [0.1, 0.15) is 0 Å². The van der Waals surface area contributed by atoms with E-state index in [-0.39, 0.29) is 5.41 Å².